The van der Waals surface area contributed by atoms with Crippen molar-refractivity contribution in [2.45, 2.75) is 26.2 Å². The smallest absolute Gasteiger partial charge is 0.270 e. The van der Waals surface area contributed by atoms with Gasteiger partial charge in [-0.1, -0.05) is 18.2 Å². The van der Waals surface area contributed by atoms with Crippen LogP contribution in [0.3, 0.4) is 0 Å². The van der Waals surface area contributed by atoms with Gasteiger partial charge in [-0.05, 0) is 43.7 Å². The zero-order valence-corrected chi connectivity index (χ0v) is 21.3. The summed E-state index contributed by atoms with van der Waals surface area (Å²) in [4.78, 5) is 44.4. The van der Waals surface area contributed by atoms with Gasteiger partial charge in [-0.25, -0.2) is 4.98 Å². The lowest BCUT2D eigenvalue weighted by molar-refractivity contribution is 0.0559. The number of amides is 2. The summed E-state index contributed by atoms with van der Waals surface area (Å²) < 4.78 is 1.99. The van der Waals surface area contributed by atoms with Gasteiger partial charge in [-0.3, -0.25) is 19.6 Å². The van der Waals surface area contributed by atoms with E-state index >= 15 is 0 Å². The second-order valence-electron chi connectivity index (χ2n) is 9.94. The molecular weight excluding hydrogens is 472 g/mol. The predicted octanol–water partition coefficient (Wildman–Crippen LogP) is 4.17. The second kappa shape index (κ2) is 8.81. The number of aromatic nitrogens is 4. The zero-order valence-electron chi connectivity index (χ0n) is 20.5. The van der Waals surface area contributed by atoms with Crippen molar-refractivity contribution in [1.29, 1.82) is 0 Å². The first kappa shape index (κ1) is 22.8. The van der Waals surface area contributed by atoms with Crippen molar-refractivity contribution < 1.29 is 9.59 Å². The predicted molar refractivity (Wildman–Crippen MR) is 139 cm³/mol. The third kappa shape index (κ3) is 3.87. The van der Waals surface area contributed by atoms with Crippen molar-refractivity contribution >= 4 is 34.1 Å². The van der Waals surface area contributed by atoms with Crippen molar-refractivity contribution in [2.24, 2.45) is 12.5 Å². The molecule has 2 aliphatic heterocycles. The molecule has 0 atom stereocenters. The van der Waals surface area contributed by atoms with Crippen LogP contribution in [-0.4, -0.2) is 67.3 Å². The molecule has 184 valence electrons. The van der Waals surface area contributed by atoms with E-state index in [0.29, 0.717) is 10.6 Å². The number of benzene rings is 1. The van der Waals surface area contributed by atoms with Gasteiger partial charge >= 0.3 is 0 Å². The van der Waals surface area contributed by atoms with E-state index in [4.69, 9.17) is 0 Å². The molecule has 3 aromatic heterocycles. The SMILES string of the molecule is Cc1nc(-c2cnccn2)sc1C(=O)N1CCC2(CCN(C(=O)c3cc4ccccc4n3C)CC2)C1. The number of fused-ring (bicyclic) bond motifs is 1. The average Bonchev–Trinajstić information content (AvgIpc) is 3.60. The van der Waals surface area contributed by atoms with Gasteiger partial charge in [0, 0.05) is 56.5 Å². The van der Waals surface area contributed by atoms with E-state index in [2.05, 4.69) is 15.0 Å². The van der Waals surface area contributed by atoms with Gasteiger partial charge in [0.15, 0.2) is 0 Å². The monoisotopic (exact) mass is 500 g/mol. The number of para-hydroxylation sites is 1. The van der Waals surface area contributed by atoms with Crippen LogP contribution in [0.25, 0.3) is 21.6 Å². The van der Waals surface area contributed by atoms with E-state index in [-0.39, 0.29) is 17.2 Å². The molecule has 0 saturated carbocycles. The van der Waals surface area contributed by atoms with Gasteiger partial charge in [-0.2, -0.15) is 0 Å². The molecule has 0 unspecified atom stereocenters. The van der Waals surface area contributed by atoms with Crippen molar-refractivity contribution in [3.05, 3.63) is 65.2 Å². The fourth-order valence-electron chi connectivity index (χ4n) is 5.61. The summed E-state index contributed by atoms with van der Waals surface area (Å²) in [6, 6.07) is 10.1. The largest absolute Gasteiger partial charge is 0.340 e. The number of aryl methyl sites for hydroxylation is 2. The van der Waals surface area contributed by atoms with Crippen LogP contribution in [0.5, 0.6) is 0 Å². The Morgan fingerprint density at radius 3 is 2.47 bits per heavy atom. The number of likely N-dealkylation sites (tertiary alicyclic amines) is 2. The Bertz CT molecular complexity index is 1450. The molecule has 8 nitrogen and oxygen atoms in total. The summed E-state index contributed by atoms with van der Waals surface area (Å²) >= 11 is 1.39. The molecule has 36 heavy (non-hydrogen) atoms. The minimum atomic E-state index is 0.0472. The first-order valence-electron chi connectivity index (χ1n) is 12.3. The summed E-state index contributed by atoms with van der Waals surface area (Å²) in [6.07, 6.45) is 7.74. The molecule has 1 spiro atoms. The van der Waals surface area contributed by atoms with Crippen molar-refractivity contribution in [2.75, 3.05) is 26.2 Å². The molecule has 0 bridgehead atoms. The zero-order chi connectivity index (χ0) is 24.9. The summed E-state index contributed by atoms with van der Waals surface area (Å²) in [6.45, 7) is 4.80. The molecular formula is C27H28N6O2S. The quantitative estimate of drug-likeness (QED) is 0.422. The summed E-state index contributed by atoms with van der Waals surface area (Å²) in [7, 11) is 1.96. The molecule has 0 radical (unpaired) electrons. The molecule has 2 amide bonds. The molecule has 2 saturated heterocycles. The fraction of sp³-hybridized carbons (Fsp3) is 0.370. The van der Waals surface area contributed by atoms with Crippen LogP contribution >= 0.6 is 11.3 Å². The maximum absolute atomic E-state index is 13.4. The third-order valence-corrected chi connectivity index (χ3v) is 8.95. The van der Waals surface area contributed by atoms with Crippen LogP contribution in [0, 0.1) is 12.3 Å². The maximum atomic E-state index is 13.4. The fourth-order valence-corrected chi connectivity index (χ4v) is 6.61. The number of carbonyl (C=O) groups is 2. The van der Waals surface area contributed by atoms with Crippen molar-refractivity contribution in [1.82, 2.24) is 29.3 Å². The van der Waals surface area contributed by atoms with Gasteiger partial charge in [0.25, 0.3) is 11.8 Å². The minimum Gasteiger partial charge on any atom is -0.340 e. The standard InChI is InChI=1S/C27H28N6O2S/c1-18-23(36-24(30-18)20-16-28-10-11-29-20)26(35)33-14-9-27(17-33)7-12-32(13-8-27)25(34)22-15-19-5-3-4-6-21(19)31(22)2/h3-6,10-11,15-16H,7-9,12-14,17H2,1-2H3. The van der Waals surface area contributed by atoms with Crippen LogP contribution in [0.2, 0.25) is 0 Å². The van der Waals surface area contributed by atoms with Crippen LogP contribution in [0.1, 0.15) is 45.1 Å². The Morgan fingerprint density at radius 2 is 1.75 bits per heavy atom. The highest BCUT2D eigenvalue weighted by Gasteiger charge is 2.43. The molecule has 4 aromatic rings. The highest BCUT2D eigenvalue weighted by atomic mass is 32.1. The highest BCUT2D eigenvalue weighted by molar-refractivity contribution is 7.17. The van der Waals surface area contributed by atoms with E-state index in [1.807, 2.05) is 58.7 Å². The minimum absolute atomic E-state index is 0.0472. The van der Waals surface area contributed by atoms with Gasteiger partial charge in [0.05, 0.1) is 11.9 Å². The Kier molecular flexibility index (Phi) is 5.59. The summed E-state index contributed by atoms with van der Waals surface area (Å²) in [5, 5.41) is 1.81. The van der Waals surface area contributed by atoms with Crippen molar-refractivity contribution in [3.8, 4) is 10.7 Å². The molecule has 5 heterocycles. The Balaban J connectivity index is 1.12. The highest BCUT2D eigenvalue weighted by Crippen LogP contribution is 2.42. The number of piperidine rings is 1. The summed E-state index contributed by atoms with van der Waals surface area (Å²) in [5.41, 5.74) is 3.31. The van der Waals surface area contributed by atoms with Crippen LogP contribution < -0.4 is 0 Å². The lowest BCUT2D eigenvalue weighted by Crippen LogP contribution is -2.45. The number of hydrogen-bond acceptors (Lipinski definition) is 6. The first-order chi connectivity index (χ1) is 17.4. The number of carbonyl (C=O) groups excluding carboxylic acids is 2. The van der Waals surface area contributed by atoms with E-state index < -0.39 is 0 Å². The Labute approximate surface area is 213 Å². The lowest BCUT2D eigenvalue weighted by Gasteiger charge is -2.39. The topological polar surface area (TPSA) is 84.2 Å². The third-order valence-electron chi connectivity index (χ3n) is 7.78. The van der Waals surface area contributed by atoms with Crippen LogP contribution in [0.15, 0.2) is 48.9 Å². The molecule has 0 aliphatic carbocycles. The summed E-state index contributed by atoms with van der Waals surface area (Å²) in [5.74, 6) is 0.136. The maximum Gasteiger partial charge on any atom is 0.270 e. The molecule has 2 aliphatic rings. The molecule has 9 heteroatoms. The van der Waals surface area contributed by atoms with E-state index in [9.17, 15) is 9.59 Å². The van der Waals surface area contributed by atoms with Crippen molar-refractivity contribution in [3.63, 3.8) is 0 Å². The van der Waals surface area contributed by atoms with Gasteiger partial charge < -0.3 is 14.4 Å². The Hall–Kier alpha value is -3.59. The Morgan fingerprint density at radius 1 is 1.00 bits per heavy atom. The number of hydrogen-bond donors (Lipinski definition) is 0. The van der Waals surface area contributed by atoms with Gasteiger partial charge in [0.2, 0.25) is 0 Å². The molecule has 1 aromatic carbocycles. The van der Waals surface area contributed by atoms with E-state index in [1.54, 1.807) is 18.6 Å². The van der Waals surface area contributed by atoms with Crippen LogP contribution in [-0.2, 0) is 7.05 Å². The van der Waals surface area contributed by atoms with Crippen LogP contribution in [0.4, 0.5) is 0 Å². The van der Waals surface area contributed by atoms with Gasteiger partial charge in [0.1, 0.15) is 21.3 Å². The molecule has 6 rings (SSSR count). The number of nitrogens with zero attached hydrogens (tertiary/aromatic N) is 6. The molecule has 0 N–H and O–H groups in total. The normalized spacial score (nSPS) is 17.3. The average molecular weight is 501 g/mol. The lowest BCUT2D eigenvalue weighted by atomic mass is 9.77. The van der Waals surface area contributed by atoms with E-state index in [1.165, 1.54) is 11.3 Å². The number of rotatable bonds is 3. The molecule has 2 fully saturated rings. The van der Waals surface area contributed by atoms with E-state index in [0.717, 1.165) is 72.7 Å². The second-order valence-corrected chi connectivity index (χ2v) is 10.9. The van der Waals surface area contributed by atoms with Gasteiger partial charge in [-0.15, -0.1) is 11.3 Å². The first-order valence-corrected chi connectivity index (χ1v) is 13.1. The number of thiazole rings is 1.